The number of hydrogen-bond donors (Lipinski definition) is 1. The number of aromatic nitrogens is 2. The molecular weight excluding hydrogens is 307 g/mol. The summed E-state index contributed by atoms with van der Waals surface area (Å²) >= 11 is 0. The number of nitrogens with zero attached hydrogens (tertiary/aromatic N) is 3. The highest BCUT2D eigenvalue weighted by atomic mass is 19.1. The lowest BCUT2D eigenvalue weighted by Gasteiger charge is -2.37. The number of halogens is 1. The zero-order chi connectivity index (χ0) is 17.4. The fraction of sp³-hybridized carbons (Fsp3) is 0.722. The second kappa shape index (κ2) is 6.30. The average Bonchev–Trinajstić information content (AvgIpc) is 3.38. The third-order valence-electron chi connectivity index (χ3n) is 4.82. The minimum Gasteiger partial charge on any atom is -0.356 e. The summed E-state index contributed by atoms with van der Waals surface area (Å²) in [5.41, 5.74) is -1.41. The predicted molar refractivity (Wildman–Crippen MR) is 91.8 cm³/mol. The number of rotatable bonds is 4. The van der Waals surface area contributed by atoms with Gasteiger partial charge in [-0.2, -0.15) is 0 Å². The van der Waals surface area contributed by atoms with Crippen LogP contribution in [-0.2, 0) is 10.2 Å². The first-order valence-electron chi connectivity index (χ1n) is 8.82. The van der Waals surface area contributed by atoms with E-state index in [1.54, 1.807) is 6.20 Å². The number of carbonyl (C=O) groups excluding carboxylic acids is 1. The van der Waals surface area contributed by atoms with Gasteiger partial charge in [-0.3, -0.25) is 4.79 Å². The number of hydrogen-bond acceptors (Lipinski definition) is 4. The lowest BCUT2D eigenvalue weighted by atomic mass is 9.93. The fourth-order valence-corrected chi connectivity index (χ4v) is 2.94. The largest absolute Gasteiger partial charge is 0.356 e. The summed E-state index contributed by atoms with van der Waals surface area (Å²) in [5.74, 6) is 1.80. The van der Waals surface area contributed by atoms with Gasteiger partial charge in [-0.1, -0.05) is 20.8 Å². The Kier molecular flexibility index (Phi) is 4.49. The van der Waals surface area contributed by atoms with Crippen molar-refractivity contribution in [3.8, 4) is 0 Å². The van der Waals surface area contributed by atoms with E-state index >= 15 is 0 Å². The van der Waals surface area contributed by atoms with Gasteiger partial charge in [0.2, 0.25) is 5.91 Å². The molecule has 0 bridgehead atoms. The van der Waals surface area contributed by atoms with E-state index in [-0.39, 0.29) is 23.8 Å². The van der Waals surface area contributed by atoms with E-state index in [1.165, 1.54) is 0 Å². The fourth-order valence-electron chi connectivity index (χ4n) is 2.94. The maximum Gasteiger partial charge on any atom is 0.223 e. The van der Waals surface area contributed by atoms with E-state index in [0.717, 1.165) is 24.5 Å². The third-order valence-corrected chi connectivity index (χ3v) is 4.82. The molecule has 1 aliphatic carbocycles. The van der Waals surface area contributed by atoms with Crippen LogP contribution in [0.3, 0.4) is 0 Å². The van der Waals surface area contributed by atoms with Crippen LogP contribution in [0.5, 0.6) is 0 Å². The van der Waals surface area contributed by atoms with Crippen molar-refractivity contribution in [1.29, 1.82) is 0 Å². The summed E-state index contributed by atoms with van der Waals surface area (Å²) in [6.45, 7) is 7.59. The number of piperidine rings is 1. The van der Waals surface area contributed by atoms with Crippen LogP contribution < -0.4 is 10.2 Å². The minimum atomic E-state index is -1.30. The van der Waals surface area contributed by atoms with Crippen LogP contribution >= 0.6 is 0 Å². The molecular formula is C18H27FN4O. The number of anilines is 1. The van der Waals surface area contributed by atoms with E-state index in [9.17, 15) is 9.18 Å². The highest BCUT2D eigenvalue weighted by Crippen LogP contribution is 2.31. The SMILES string of the molecule is CC(C)(C)c1nccc(N2CCC(F)(CNC(=O)C3CC3)CC2)n1. The molecule has 24 heavy (non-hydrogen) atoms. The Balaban J connectivity index is 1.57. The molecule has 1 aromatic heterocycles. The molecule has 1 aromatic rings. The van der Waals surface area contributed by atoms with Crippen molar-refractivity contribution in [3.05, 3.63) is 18.1 Å². The number of carbonyl (C=O) groups is 1. The number of nitrogens with one attached hydrogen (secondary N) is 1. The van der Waals surface area contributed by atoms with Crippen molar-refractivity contribution in [3.63, 3.8) is 0 Å². The lowest BCUT2D eigenvalue weighted by molar-refractivity contribution is -0.123. The zero-order valence-electron chi connectivity index (χ0n) is 14.8. The van der Waals surface area contributed by atoms with Crippen LogP contribution in [-0.4, -0.2) is 41.2 Å². The minimum absolute atomic E-state index is 0.0140. The van der Waals surface area contributed by atoms with Crippen LogP contribution in [0.15, 0.2) is 12.3 Å². The van der Waals surface area contributed by atoms with E-state index in [0.29, 0.717) is 25.9 Å². The molecule has 0 aromatic carbocycles. The van der Waals surface area contributed by atoms with Gasteiger partial charge in [0.1, 0.15) is 17.3 Å². The van der Waals surface area contributed by atoms with Gasteiger partial charge in [-0.15, -0.1) is 0 Å². The Hall–Kier alpha value is -1.72. The van der Waals surface area contributed by atoms with Gasteiger partial charge >= 0.3 is 0 Å². The Morgan fingerprint density at radius 2 is 2.04 bits per heavy atom. The van der Waals surface area contributed by atoms with Crippen molar-refractivity contribution in [2.75, 3.05) is 24.5 Å². The van der Waals surface area contributed by atoms with Crippen molar-refractivity contribution in [1.82, 2.24) is 15.3 Å². The second-order valence-electron chi connectivity index (χ2n) is 8.12. The van der Waals surface area contributed by atoms with E-state index in [2.05, 4.69) is 41.0 Å². The molecule has 3 rings (SSSR count). The van der Waals surface area contributed by atoms with Gasteiger partial charge < -0.3 is 10.2 Å². The van der Waals surface area contributed by atoms with Gasteiger partial charge in [0.15, 0.2) is 0 Å². The molecule has 1 N–H and O–H groups in total. The molecule has 5 nitrogen and oxygen atoms in total. The predicted octanol–water partition coefficient (Wildman–Crippen LogP) is 2.61. The Bertz CT molecular complexity index is 601. The van der Waals surface area contributed by atoms with Crippen LogP contribution in [0.25, 0.3) is 0 Å². The van der Waals surface area contributed by atoms with E-state index in [4.69, 9.17) is 0 Å². The van der Waals surface area contributed by atoms with Gasteiger partial charge in [-0.25, -0.2) is 14.4 Å². The number of alkyl halides is 1. The standard InChI is InChI=1S/C18H27FN4O/c1-17(2,3)16-20-9-6-14(22-16)23-10-7-18(19,8-11-23)12-21-15(24)13-4-5-13/h6,9,13H,4-5,7-8,10-12H2,1-3H3,(H,21,24). The normalized spacial score (nSPS) is 20.8. The van der Waals surface area contributed by atoms with Crippen LogP contribution in [0.1, 0.15) is 52.3 Å². The first kappa shape index (κ1) is 17.1. The average molecular weight is 334 g/mol. The lowest BCUT2D eigenvalue weighted by Crippen LogP contribution is -2.48. The quantitative estimate of drug-likeness (QED) is 0.919. The maximum absolute atomic E-state index is 14.9. The summed E-state index contributed by atoms with van der Waals surface area (Å²) in [7, 11) is 0. The molecule has 0 atom stereocenters. The summed E-state index contributed by atoms with van der Waals surface area (Å²) in [6.07, 6.45) is 4.49. The molecule has 0 unspecified atom stereocenters. The van der Waals surface area contributed by atoms with Gasteiger partial charge in [0.25, 0.3) is 0 Å². The first-order chi connectivity index (χ1) is 11.3. The molecule has 0 radical (unpaired) electrons. The monoisotopic (exact) mass is 334 g/mol. The second-order valence-corrected chi connectivity index (χ2v) is 8.12. The van der Waals surface area contributed by atoms with Crippen molar-refractivity contribution >= 4 is 11.7 Å². The van der Waals surface area contributed by atoms with Gasteiger partial charge in [0, 0.05) is 43.5 Å². The van der Waals surface area contributed by atoms with Crippen LogP contribution in [0, 0.1) is 5.92 Å². The maximum atomic E-state index is 14.9. The molecule has 1 saturated heterocycles. The Labute approximate surface area is 143 Å². The summed E-state index contributed by atoms with van der Waals surface area (Å²) < 4.78 is 14.9. The molecule has 2 aliphatic rings. The molecule has 2 heterocycles. The molecule has 2 fully saturated rings. The first-order valence-corrected chi connectivity index (χ1v) is 8.82. The molecule has 1 amide bonds. The van der Waals surface area contributed by atoms with Crippen molar-refractivity contribution in [2.24, 2.45) is 5.92 Å². The molecule has 132 valence electrons. The van der Waals surface area contributed by atoms with E-state index < -0.39 is 5.67 Å². The van der Waals surface area contributed by atoms with Crippen molar-refractivity contribution < 1.29 is 9.18 Å². The third kappa shape index (κ3) is 4.02. The highest BCUT2D eigenvalue weighted by molar-refractivity contribution is 5.80. The molecule has 1 saturated carbocycles. The summed E-state index contributed by atoms with van der Waals surface area (Å²) in [6, 6.07) is 1.88. The Morgan fingerprint density at radius 3 is 2.62 bits per heavy atom. The van der Waals surface area contributed by atoms with Crippen molar-refractivity contribution in [2.45, 2.75) is 57.5 Å². The molecule has 1 aliphatic heterocycles. The van der Waals surface area contributed by atoms with E-state index in [1.807, 2.05) is 6.07 Å². The topological polar surface area (TPSA) is 58.1 Å². The summed E-state index contributed by atoms with van der Waals surface area (Å²) in [5, 5.41) is 2.78. The zero-order valence-corrected chi connectivity index (χ0v) is 14.8. The van der Waals surface area contributed by atoms with Gasteiger partial charge in [-0.05, 0) is 18.9 Å². The number of amides is 1. The summed E-state index contributed by atoms with van der Waals surface area (Å²) in [4.78, 5) is 22.8. The van der Waals surface area contributed by atoms with Crippen LogP contribution in [0.2, 0.25) is 0 Å². The van der Waals surface area contributed by atoms with Gasteiger partial charge in [0.05, 0.1) is 6.54 Å². The smallest absolute Gasteiger partial charge is 0.223 e. The molecule has 6 heteroatoms. The molecule has 0 spiro atoms. The van der Waals surface area contributed by atoms with Crippen LogP contribution in [0.4, 0.5) is 10.2 Å². The highest BCUT2D eigenvalue weighted by Gasteiger charge is 2.37. The Morgan fingerprint density at radius 1 is 1.38 bits per heavy atom.